The molecule has 0 N–H and O–H groups in total. The highest BCUT2D eigenvalue weighted by molar-refractivity contribution is 5.69. The zero-order chi connectivity index (χ0) is 10.6. The van der Waals surface area contributed by atoms with Gasteiger partial charge in [-0.15, -0.1) is 0 Å². The van der Waals surface area contributed by atoms with Crippen molar-refractivity contribution in [2.45, 2.75) is 39.2 Å². The molecule has 1 saturated heterocycles. The average Bonchev–Trinajstić information content (AvgIpc) is 2.50. The van der Waals surface area contributed by atoms with Crippen molar-refractivity contribution in [1.82, 2.24) is 4.90 Å². The van der Waals surface area contributed by atoms with Crippen molar-refractivity contribution < 1.29 is 9.53 Å². The Morgan fingerprint density at radius 2 is 2.36 bits per heavy atom. The van der Waals surface area contributed by atoms with E-state index in [9.17, 15) is 4.79 Å². The number of hydrogen-bond donors (Lipinski definition) is 0. The molecule has 1 rings (SSSR count). The summed E-state index contributed by atoms with van der Waals surface area (Å²) in [6, 6.07) is 0. The number of nitrogens with zero attached hydrogens (tertiary/aromatic N) is 1. The Balaban J connectivity index is 2.20. The molecule has 0 spiro atoms. The van der Waals surface area contributed by atoms with Crippen molar-refractivity contribution in [3.63, 3.8) is 0 Å². The first-order chi connectivity index (χ1) is 6.61. The lowest BCUT2D eigenvalue weighted by Crippen LogP contribution is -2.22. The number of carbonyl (C=O) groups is 1. The minimum atomic E-state index is -0.0281. The molecule has 0 aromatic carbocycles. The second-order valence-corrected chi connectivity index (χ2v) is 4.38. The lowest BCUT2D eigenvalue weighted by molar-refractivity contribution is -0.149. The van der Waals surface area contributed by atoms with Gasteiger partial charge in [-0.2, -0.15) is 0 Å². The van der Waals surface area contributed by atoms with Gasteiger partial charge in [-0.05, 0) is 19.4 Å². The lowest BCUT2D eigenvalue weighted by Gasteiger charge is -2.13. The molecule has 1 heterocycles. The van der Waals surface area contributed by atoms with Crippen LogP contribution in [-0.4, -0.2) is 37.1 Å². The topological polar surface area (TPSA) is 29.5 Å². The fraction of sp³-hybridized carbons (Fsp3) is 0.909. The fourth-order valence-electron chi connectivity index (χ4n) is 1.65. The SMILES string of the molecule is CCC(C)CC(=O)O[C@H]1CCN(C)C1. The monoisotopic (exact) mass is 199 g/mol. The largest absolute Gasteiger partial charge is 0.461 e. The van der Waals surface area contributed by atoms with E-state index in [0.29, 0.717) is 12.3 Å². The number of hydrogen-bond acceptors (Lipinski definition) is 3. The summed E-state index contributed by atoms with van der Waals surface area (Å²) in [6.07, 6.45) is 2.73. The molecule has 82 valence electrons. The zero-order valence-corrected chi connectivity index (χ0v) is 9.45. The molecule has 2 atom stereocenters. The van der Waals surface area contributed by atoms with Crippen molar-refractivity contribution in [1.29, 1.82) is 0 Å². The first kappa shape index (κ1) is 11.5. The van der Waals surface area contributed by atoms with Gasteiger partial charge >= 0.3 is 5.97 Å². The van der Waals surface area contributed by atoms with Crippen molar-refractivity contribution >= 4 is 5.97 Å². The third-order valence-electron chi connectivity index (χ3n) is 2.86. The van der Waals surface area contributed by atoms with Gasteiger partial charge < -0.3 is 9.64 Å². The summed E-state index contributed by atoms with van der Waals surface area (Å²) in [5.74, 6) is 0.418. The standard InChI is InChI=1S/C11H21NO2/c1-4-9(2)7-11(13)14-10-5-6-12(3)8-10/h9-10H,4-8H2,1-3H3/t9?,10-/m0/s1. The highest BCUT2D eigenvalue weighted by atomic mass is 16.5. The quantitative estimate of drug-likeness (QED) is 0.645. The minimum absolute atomic E-state index is 0.0281. The molecule has 3 heteroatoms. The molecule has 0 aromatic heterocycles. The van der Waals surface area contributed by atoms with Gasteiger partial charge in [0.1, 0.15) is 6.10 Å². The van der Waals surface area contributed by atoms with Crippen molar-refractivity contribution in [2.24, 2.45) is 5.92 Å². The number of ether oxygens (including phenoxy) is 1. The van der Waals surface area contributed by atoms with Crippen LogP contribution in [0.2, 0.25) is 0 Å². The summed E-state index contributed by atoms with van der Waals surface area (Å²) in [5.41, 5.74) is 0. The van der Waals surface area contributed by atoms with Crippen LogP contribution in [0.25, 0.3) is 0 Å². The maximum absolute atomic E-state index is 11.4. The summed E-state index contributed by atoms with van der Waals surface area (Å²) in [6.45, 7) is 6.12. The maximum Gasteiger partial charge on any atom is 0.306 e. The summed E-state index contributed by atoms with van der Waals surface area (Å²) in [5, 5.41) is 0. The molecule has 0 aromatic rings. The van der Waals surface area contributed by atoms with Crippen LogP contribution < -0.4 is 0 Å². The zero-order valence-electron chi connectivity index (χ0n) is 9.45. The van der Waals surface area contributed by atoms with Crippen LogP contribution >= 0.6 is 0 Å². The van der Waals surface area contributed by atoms with E-state index >= 15 is 0 Å². The van der Waals surface area contributed by atoms with E-state index in [1.54, 1.807) is 0 Å². The lowest BCUT2D eigenvalue weighted by atomic mass is 10.1. The molecule has 0 amide bonds. The average molecular weight is 199 g/mol. The Morgan fingerprint density at radius 1 is 1.64 bits per heavy atom. The molecule has 1 fully saturated rings. The first-order valence-corrected chi connectivity index (χ1v) is 5.49. The van der Waals surface area contributed by atoms with E-state index in [4.69, 9.17) is 4.74 Å². The Hall–Kier alpha value is -0.570. The molecule has 0 bridgehead atoms. The van der Waals surface area contributed by atoms with Crippen molar-refractivity contribution in [3.05, 3.63) is 0 Å². The summed E-state index contributed by atoms with van der Waals surface area (Å²) >= 11 is 0. The summed E-state index contributed by atoms with van der Waals surface area (Å²) in [4.78, 5) is 13.6. The molecule has 3 nitrogen and oxygen atoms in total. The van der Waals surface area contributed by atoms with Crippen molar-refractivity contribution in [3.8, 4) is 0 Å². The normalized spacial score (nSPS) is 24.9. The van der Waals surface area contributed by atoms with Crippen molar-refractivity contribution in [2.75, 3.05) is 20.1 Å². The number of rotatable bonds is 4. The van der Waals surface area contributed by atoms with Crippen LogP contribution in [-0.2, 0) is 9.53 Å². The highest BCUT2D eigenvalue weighted by Gasteiger charge is 2.23. The Morgan fingerprint density at radius 3 is 2.86 bits per heavy atom. The number of carbonyl (C=O) groups excluding carboxylic acids is 1. The van der Waals surface area contributed by atoms with Crippen LogP contribution in [0.1, 0.15) is 33.1 Å². The van der Waals surface area contributed by atoms with Gasteiger partial charge in [0.05, 0.1) is 0 Å². The molecular formula is C11H21NO2. The second-order valence-electron chi connectivity index (χ2n) is 4.38. The van der Waals surface area contributed by atoms with E-state index in [-0.39, 0.29) is 12.1 Å². The fourth-order valence-corrected chi connectivity index (χ4v) is 1.65. The third kappa shape index (κ3) is 3.66. The van der Waals surface area contributed by atoms with Crippen LogP contribution in [0.5, 0.6) is 0 Å². The molecule has 1 aliphatic rings. The number of likely N-dealkylation sites (N-methyl/N-ethyl adjacent to an activating group) is 1. The van der Waals surface area contributed by atoms with Crippen LogP contribution in [0, 0.1) is 5.92 Å². The van der Waals surface area contributed by atoms with E-state index in [0.717, 1.165) is 25.9 Å². The van der Waals surface area contributed by atoms with E-state index < -0.39 is 0 Å². The molecule has 1 aliphatic heterocycles. The second kappa shape index (κ2) is 5.35. The molecule has 14 heavy (non-hydrogen) atoms. The summed E-state index contributed by atoms with van der Waals surface area (Å²) < 4.78 is 5.37. The van der Waals surface area contributed by atoms with Gasteiger partial charge in [-0.25, -0.2) is 0 Å². The van der Waals surface area contributed by atoms with Crippen LogP contribution in [0.15, 0.2) is 0 Å². The Labute approximate surface area is 86.4 Å². The van der Waals surface area contributed by atoms with Gasteiger partial charge in [0, 0.05) is 19.5 Å². The van der Waals surface area contributed by atoms with Gasteiger partial charge in [0.15, 0.2) is 0 Å². The van der Waals surface area contributed by atoms with Gasteiger partial charge in [0.25, 0.3) is 0 Å². The number of likely N-dealkylation sites (tertiary alicyclic amines) is 1. The molecule has 1 unspecified atom stereocenters. The molecule has 0 aliphatic carbocycles. The maximum atomic E-state index is 11.4. The smallest absolute Gasteiger partial charge is 0.306 e. The van der Waals surface area contributed by atoms with E-state index in [2.05, 4.69) is 25.8 Å². The Kier molecular flexibility index (Phi) is 4.39. The van der Waals surface area contributed by atoms with Gasteiger partial charge in [-0.3, -0.25) is 4.79 Å². The minimum Gasteiger partial charge on any atom is -0.461 e. The highest BCUT2D eigenvalue weighted by Crippen LogP contribution is 2.14. The Bertz CT molecular complexity index is 194. The predicted octanol–water partition coefficient (Wildman–Crippen LogP) is 1.67. The third-order valence-corrected chi connectivity index (χ3v) is 2.86. The summed E-state index contributed by atoms with van der Waals surface area (Å²) in [7, 11) is 2.06. The van der Waals surface area contributed by atoms with Crippen LogP contribution in [0.3, 0.4) is 0 Å². The van der Waals surface area contributed by atoms with E-state index in [1.165, 1.54) is 0 Å². The van der Waals surface area contributed by atoms with Gasteiger partial charge in [0.2, 0.25) is 0 Å². The molecule has 0 radical (unpaired) electrons. The molecule has 0 saturated carbocycles. The number of esters is 1. The predicted molar refractivity (Wildman–Crippen MR) is 56.1 cm³/mol. The van der Waals surface area contributed by atoms with Gasteiger partial charge in [-0.1, -0.05) is 20.3 Å². The first-order valence-electron chi connectivity index (χ1n) is 5.49. The van der Waals surface area contributed by atoms with E-state index in [1.807, 2.05) is 0 Å². The van der Waals surface area contributed by atoms with Crippen LogP contribution in [0.4, 0.5) is 0 Å². The molecular weight excluding hydrogens is 178 g/mol.